The molecule has 1 fully saturated rings. The summed E-state index contributed by atoms with van der Waals surface area (Å²) >= 11 is 0. The number of nitrogens with zero attached hydrogens (tertiary/aromatic N) is 3. The van der Waals surface area contributed by atoms with Gasteiger partial charge in [0.2, 0.25) is 0 Å². The van der Waals surface area contributed by atoms with Crippen molar-refractivity contribution >= 4 is 17.3 Å². The number of ketones is 1. The second kappa shape index (κ2) is 5.75. The molecule has 0 aliphatic carbocycles. The number of aromatic nitrogens is 2. The average Bonchev–Trinajstić information content (AvgIpc) is 3.03. The first-order valence-electron chi connectivity index (χ1n) is 7.56. The highest BCUT2D eigenvalue weighted by Crippen LogP contribution is 2.32. The summed E-state index contributed by atoms with van der Waals surface area (Å²) in [6.45, 7) is 5.42. The lowest BCUT2D eigenvalue weighted by molar-refractivity contribution is 0.101. The molecule has 1 saturated heterocycles. The largest absolute Gasteiger partial charge is 0.394 e. The molecule has 5 heteroatoms. The Labute approximate surface area is 130 Å². The van der Waals surface area contributed by atoms with Crippen LogP contribution >= 0.6 is 0 Å². The minimum absolute atomic E-state index is 0.0520. The molecule has 0 amide bonds. The summed E-state index contributed by atoms with van der Waals surface area (Å²) in [5, 5.41) is 0. The second-order valence-electron chi connectivity index (χ2n) is 5.68. The fourth-order valence-corrected chi connectivity index (χ4v) is 2.82. The van der Waals surface area contributed by atoms with Crippen LogP contribution in [0.2, 0.25) is 0 Å². The maximum Gasteiger partial charge on any atom is 0.159 e. The van der Waals surface area contributed by atoms with Crippen molar-refractivity contribution in [2.24, 2.45) is 0 Å². The van der Waals surface area contributed by atoms with Gasteiger partial charge in [-0.2, -0.15) is 0 Å². The summed E-state index contributed by atoms with van der Waals surface area (Å²) in [5.74, 6) is 1.59. The molecule has 2 heterocycles. The molecule has 3 rings (SSSR count). The lowest BCUT2D eigenvalue weighted by atomic mass is 10.1. The summed E-state index contributed by atoms with van der Waals surface area (Å²) in [4.78, 5) is 22.6. The zero-order chi connectivity index (χ0) is 15.7. The Bertz CT molecular complexity index is 703. The van der Waals surface area contributed by atoms with Crippen LogP contribution in [0.25, 0.3) is 11.3 Å². The molecule has 0 saturated carbocycles. The highest BCUT2D eigenvalue weighted by atomic mass is 16.1. The monoisotopic (exact) mass is 296 g/mol. The van der Waals surface area contributed by atoms with Crippen molar-refractivity contribution < 1.29 is 4.79 Å². The van der Waals surface area contributed by atoms with Gasteiger partial charge in [0.05, 0.1) is 5.69 Å². The first kappa shape index (κ1) is 14.5. The Morgan fingerprint density at radius 2 is 1.77 bits per heavy atom. The second-order valence-corrected chi connectivity index (χ2v) is 5.68. The third kappa shape index (κ3) is 2.66. The minimum Gasteiger partial charge on any atom is -0.394 e. The van der Waals surface area contributed by atoms with Gasteiger partial charge in [0.25, 0.3) is 0 Å². The standard InChI is InChI=1S/C17H20N4O/c1-11(22)13-5-7-14(8-6-13)16-15(18)17(20-12(2)19-16)21-9-3-4-10-21/h5-8H,3-4,9-10,18H2,1-2H3. The molecule has 0 spiro atoms. The molecule has 1 aromatic heterocycles. The summed E-state index contributed by atoms with van der Waals surface area (Å²) < 4.78 is 0. The van der Waals surface area contributed by atoms with Crippen LogP contribution in [-0.4, -0.2) is 28.8 Å². The van der Waals surface area contributed by atoms with Gasteiger partial charge < -0.3 is 10.6 Å². The van der Waals surface area contributed by atoms with E-state index in [1.165, 1.54) is 12.8 Å². The Morgan fingerprint density at radius 1 is 1.14 bits per heavy atom. The molecule has 0 bridgehead atoms. The number of nitrogen functional groups attached to an aromatic ring is 1. The van der Waals surface area contributed by atoms with Crippen LogP contribution in [0.5, 0.6) is 0 Å². The van der Waals surface area contributed by atoms with Gasteiger partial charge in [-0.1, -0.05) is 24.3 Å². The number of Topliss-reactive ketones (excluding diaryl/α,β-unsaturated/α-hetero) is 1. The zero-order valence-electron chi connectivity index (χ0n) is 13.0. The van der Waals surface area contributed by atoms with E-state index >= 15 is 0 Å². The van der Waals surface area contributed by atoms with E-state index in [1.807, 2.05) is 31.2 Å². The molecule has 2 N–H and O–H groups in total. The summed E-state index contributed by atoms with van der Waals surface area (Å²) in [6, 6.07) is 7.40. The number of benzene rings is 1. The number of nitrogens with two attached hydrogens (primary N) is 1. The Kier molecular flexibility index (Phi) is 3.79. The Morgan fingerprint density at radius 3 is 2.36 bits per heavy atom. The minimum atomic E-state index is 0.0520. The first-order chi connectivity index (χ1) is 10.6. The van der Waals surface area contributed by atoms with Crippen molar-refractivity contribution in [1.29, 1.82) is 0 Å². The molecule has 0 radical (unpaired) electrons. The van der Waals surface area contributed by atoms with Crippen molar-refractivity contribution in [3.8, 4) is 11.3 Å². The number of aryl methyl sites for hydroxylation is 1. The summed E-state index contributed by atoms with van der Waals surface area (Å²) in [7, 11) is 0. The molecule has 5 nitrogen and oxygen atoms in total. The van der Waals surface area contributed by atoms with Gasteiger partial charge in [-0.15, -0.1) is 0 Å². The number of hydrogen-bond donors (Lipinski definition) is 1. The highest BCUT2D eigenvalue weighted by Gasteiger charge is 2.20. The number of rotatable bonds is 3. The first-order valence-corrected chi connectivity index (χ1v) is 7.56. The van der Waals surface area contributed by atoms with Crippen molar-refractivity contribution in [2.45, 2.75) is 26.7 Å². The van der Waals surface area contributed by atoms with Crippen molar-refractivity contribution in [3.63, 3.8) is 0 Å². The third-order valence-corrected chi connectivity index (χ3v) is 4.01. The molecule has 1 aliphatic heterocycles. The van der Waals surface area contributed by atoms with Crippen molar-refractivity contribution in [3.05, 3.63) is 35.7 Å². The predicted molar refractivity (Wildman–Crippen MR) is 88.1 cm³/mol. The normalized spacial score (nSPS) is 14.4. The van der Waals surface area contributed by atoms with Gasteiger partial charge in [0, 0.05) is 24.2 Å². The van der Waals surface area contributed by atoms with E-state index < -0.39 is 0 Å². The van der Waals surface area contributed by atoms with Crippen molar-refractivity contribution in [1.82, 2.24) is 9.97 Å². The van der Waals surface area contributed by atoms with E-state index in [-0.39, 0.29) is 5.78 Å². The van der Waals surface area contributed by atoms with Crippen LogP contribution in [0, 0.1) is 6.92 Å². The SMILES string of the molecule is CC(=O)c1ccc(-c2nc(C)nc(N3CCCC3)c2N)cc1. The van der Waals surface area contributed by atoms with E-state index in [9.17, 15) is 4.79 Å². The number of carbonyl (C=O) groups excluding carboxylic acids is 1. The molecule has 22 heavy (non-hydrogen) atoms. The van der Waals surface area contributed by atoms with E-state index in [0.717, 1.165) is 30.2 Å². The van der Waals surface area contributed by atoms with Crippen LogP contribution in [0.15, 0.2) is 24.3 Å². The van der Waals surface area contributed by atoms with Crippen LogP contribution in [-0.2, 0) is 0 Å². The van der Waals surface area contributed by atoms with Crippen LogP contribution < -0.4 is 10.6 Å². The highest BCUT2D eigenvalue weighted by molar-refractivity contribution is 5.94. The van der Waals surface area contributed by atoms with E-state index in [2.05, 4.69) is 14.9 Å². The Balaban J connectivity index is 2.04. The summed E-state index contributed by atoms with van der Waals surface area (Å²) in [6.07, 6.45) is 2.34. The van der Waals surface area contributed by atoms with E-state index in [4.69, 9.17) is 5.73 Å². The average molecular weight is 296 g/mol. The molecular formula is C17H20N4O. The number of carbonyl (C=O) groups is 1. The van der Waals surface area contributed by atoms with Crippen LogP contribution in [0.4, 0.5) is 11.5 Å². The molecule has 2 aromatic rings. The van der Waals surface area contributed by atoms with Gasteiger partial charge in [-0.25, -0.2) is 9.97 Å². The topological polar surface area (TPSA) is 72.1 Å². The molecular weight excluding hydrogens is 276 g/mol. The third-order valence-electron chi connectivity index (χ3n) is 4.01. The lowest BCUT2D eigenvalue weighted by Gasteiger charge is -2.20. The van der Waals surface area contributed by atoms with Gasteiger partial charge in [0.15, 0.2) is 11.6 Å². The zero-order valence-corrected chi connectivity index (χ0v) is 13.0. The van der Waals surface area contributed by atoms with Crippen LogP contribution in [0.3, 0.4) is 0 Å². The lowest BCUT2D eigenvalue weighted by Crippen LogP contribution is -2.21. The van der Waals surface area contributed by atoms with Gasteiger partial charge in [-0.3, -0.25) is 4.79 Å². The van der Waals surface area contributed by atoms with Gasteiger partial charge in [0.1, 0.15) is 11.5 Å². The maximum absolute atomic E-state index is 11.4. The predicted octanol–water partition coefficient (Wildman–Crippen LogP) is 2.84. The van der Waals surface area contributed by atoms with Crippen LogP contribution in [0.1, 0.15) is 35.9 Å². The van der Waals surface area contributed by atoms with E-state index in [1.54, 1.807) is 6.92 Å². The smallest absolute Gasteiger partial charge is 0.159 e. The quantitative estimate of drug-likeness (QED) is 0.882. The fraction of sp³-hybridized carbons (Fsp3) is 0.353. The molecule has 114 valence electrons. The van der Waals surface area contributed by atoms with E-state index in [0.29, 0.717) is 17.1 Å². The molecule has 1 aliphatic rings. The molecule has 0 unspecified atom stereocenters. The maximum atomic E-state index is 11.4. The fourth-order valence-electron chi connectivity index (χ4n) is 2.82. The molecule has 1 aromatic carbocycles. The van der Waals surface area contributed by atoms with Gasteiger partial charge >= 0.3 is 0 Å². The van der Waals surface area contributed by atoms with Crippen molar-refractivity contribution in [2.75, 3.05) is 23.7 Å². The number of anilines is 2. The number of hydrogen-bond acceptors (Lipinski definition) is 5. The Hall–Kier alpha value is -2.43. The summed E-state index contributed by atoms with van der Waals surface area (Å²) in [5.41, 5.74) is 9.28. The van der Waals surface area contributed by atoms with Gasteiger partial charge in [-0.05, 0) is 26.7 Å². The molecule has 0 atom stereocenters.